The fraction of sp³-hybridized carbons (Fsp3) is 0.273. The summed E-state index contributed by atoms with van der Waals surface area (Å²) in [4.78, 5) is 23.5. The zero-order valence-electron chi connectivity index (χ0n) is 18.7. The molecule has 0 aliphatic rings. The van der Waals surface area contributed by atoms with Crippen LogP contribution < -0.4 is 10.6 Å². The Hall–Kier alpha value is -3.15. The second-order valence-electron chi connectivity index (χ2n) is 7.70. The van der Waals surface area contributed by atoms with Gasteiger partial charge in [-0.1, -0.05) is 49.4 Å². The van der Waals surface area contributed by atoms with E-state index < -0.39 is 22.5 Å². The normalized spacial score (nSPS) is 11.6. The first kappa shape index (κ1) is 24.5. The van der Waals surface area contributed by atoms with Gasteiger partial charge in [-0.05, 0) is 35.7 Å². The van der Waals surface area contributed by atoms with E-state index in [0.717, 1.165) is 9.87 Å². The summed E-state index contributed by atoms with van der Waals surface area (Å²) in [5.41, 5.74) is 2.58. The molecule has 174 valence electrons. The zero-order valence-corrected chi connectivity index (χ0v) is 20.3. The van der Waals surface area contributed by atoms with Gasteiger partial charge < -0.3 is 5.32 Å². The Balaban J connectivity index is 1.62. The van der Waals surface area contributed by atoms with Gasteiger partial charge in [-0.3, -0.25) is 14.9 Å². The van der Waals surface area contributed by atoms with Crippen LogP contribution in [-0.4, -0.2) is 48.3 Å². The molecule has 0 aliphatic heterocycles. The number of hydrogen-bond donors (Lipinski definition) is 2. The van der Waals surface area contributed by atoms with E-state index in [4.69, 9.17) is 0 Å². The van der Waals surface area contributed by atoms with E-state index in [2.05, 4.69) is 34.7 Å². The third-order valence-electron chi connectivity index (χ3n) is 4.74. The molecule has 0 saturated heterocycles. The molecule has 3 rings (SSSR count). The lowest BCUT2D eigenvalue weighted by Gasteiger charge is -2.16. The van der Waals surface area contributed by atoms with Crippen molar-refractivity contribution in [2.45, 2.75) is 31.6 Å². The quantitative estimate of drug-likeness (QED) is 0.501. The number of benzene rings is 2. The van der Waals surface area contributed by atoms with Gasteiger partial charge in [0, 0.05) is 25.2 Å². The van der Waals surface area contributed by atoms with Crippen LogP contribution in [0.3, 0.4) is 0 Å². The van der Waals surface area contributed by atoms with E-state index in [0.29, 0.717) is 16.6 Å². The van der Waals surface area contributed by atoms with E-state index in [9.17, 15) is 18.0 Å². The molecule has 0 atom stereocenters. The lowest BCUT2D eigenvalue weighted by molar-refractivity contribution is -0.116. The second kappa shape index (κ2) is 10.2. The predicted molar refractivity (Wildman–Crippen MR) is 129 cm³/mol. The van der Waals surface area contributed by atoms with E-state index in [1.165, 1.54) is 55.1 Å². The van der Waals surface area contributed by atoms with Crippen LogP contribution in [0.2, 0.25) is 0 Å². The maximum atomic E-state index is 12.8. The molecule has 0 aliphatic carbocycles. The molecule has 1 heterocycles. The standard InChI is InChI=1S/C22H25N5O4S2/c1-14(2)16-5-7-17(8-6-16)21-25-26-22(32-21)24-20(29)13-27(4)33(30,31)19-11-9-18(10-12-19)23-15(3)28/h5-12,14H,13H2,1-4H3,(H,23,28)(H,24,26,29). The average molecular weight is 488 g/mol. The van der Waals surface area contributed by atoms with Gasteiger partial charge in [0.05, 0.1) is 11.4 Å². The summed E-state index contributed by atoms with van der Waals surface area (Å²) < 4.78 is 26.4. The molecule has 3 aromatic rings. The van der Waals surface area contributed by atoms with Gasteiger partial charge in [-0.2, -0.15) is 4.31 Å². The molecule has 9 nitrogen and oxygen atoms in total. The molecular formula is C22H25N5O4S2. The van der Waals surface area contributed by atoms with Crippen LogP contribution in [0, 0.1) is 0 Å². The van der Waals surface area contributed by atoms with Crippen molar-refractivity contribution in [3.05, 3.63) is 54.1 Å². The number of rotatable bonds is 8. The SMILES string of the molecule is CC(=O)Nc1ccc(S(=O)(=O)N(C)CC(=O)Nc2nnc(-c3ccc(C(C)C)cc3)s2)cc1. The lowest BCUT2D eigenvalue weighted by atomic mass is 10.0. The molecule has 2 N–H and O–H groups in total. The highest BCUT2D eigenvalue weighted by atomic mass is 32.2. The maximum absolute atomic E-state index is 12.8. The number of carbonyl (C=O) groups is 2. The Bertz CT molecular complexity index is 1240. The van der Waals surface area contributed by atoms with Crippen LogP contribution in [0.1, 0.15) is 32.3 Å². The molecule has 0 spiro atoms. The number of aromatic nitrogens is 2. The topological polar surface area (TPSA) is 121 Å². The van der Waals surface area contributed by atoms with E-state index >= 15 is 0 Å². The number of sulfonamides is 1. The number of nitrogens with zero attached hydrogens (tertiary/aromatic N) is 3. The molecule has 0 radical (unpaired) electrons. The Morgan fingerprint density at radius 1 is 1.00 bits per heavy atom. The van der Waals surface area contributed by atoms with Crippen LogP contribution in [0.25, 0.3) is 10.6 Å². The largest absolute Gasteiger partial charge is 0.326 e. The minimum atomic E-state index is -3.89. The number of amides is 2. The van der Waals surface area contributed by atoms with Crippen molar-refractivity contribution in [2.75, 3.05) is 24.2 Å². The van der Waals surface area contributed by atoms with Gasteiger partial charge in [0.2, 0.25) is 27.0 Å². The van der Waals surface area contributed by atoms with Crippen molar-refractivity contribution < 1.29 is 18.0 Å². The molecule has 0 saturated carbocycles. The molecule has 11 heteroatoms. The third-order valence-corrected chi connectivity index (χ3v) is 7.45. The van der Waals surface area contributed by atoms with E-state index in [-0.39, 0.29) is 15.9 Å². The van der Waals surface area contributed by atoms with Crippen molar-refractivity contribution in [3.63, 3.8) is 0 Å². The van der Waals surface area contributed by atoms with Crippen molar-refractivity contribution in [1.29, 1.82) is 0 Å². The first-order valence-electron chi connectivity index (χ1n) is 10.1. The average Bonchev–Trinajstić information content (AvgIpc) is 3.22. The van der Waals surface area contributed by atoms with Crippen molar-refractivity contribution in [3.8, 4) is 10.6 Å². The summed E-state index contributed by atoms with van der Waals surface area (Å²) in [6.07, 6.45) is 0. The molecule has 2 amide bonds. The Labute approximate surface area is 196 Å². The molecule has 0 fully saturated rings. The Kier molecular flexibility index (Phi) is 7.57. The highest BCUT2D eigenvalue weighted by Gasteiger charge is 2.23. The van der Waals surface area contributed by atoms with Crippen molar-refractivity contribution in [1.82, 2.24) is 14.5 Å². The van der Waals surface area contributed by atoms with Crippen LogP contribution >= 0.6 is 11.3 Å². The van der Waals surface area contributed by atoms with Gasteiger partial charge in [-0.25, -0.2) is 8.42 Å². The molecule has 0 bridgehead atoms. The first-order chi connectivity index (χ1) is 15.6. The molecule has 1 aromatic heterocycles. The van der Waals surface area contributed by atoms with Gasteiger partial charge in [0.25, 0.3) is 0 Å². The Morgan fingerprint density at radius 2 is 1.64 bits per heavy atom. The summed E-state index contributed by atoms with van der Waals surface area (Å²) >= 11 is 1.21. The van der Waals surface area contributed by atoms with Crippen LogP contribution in [0.5, 0.6) is 0 Å². The van der Waals surface area contributed by atoms with E-state index in [1.807, 2.05) is 24.3 Å². The summed E-state index contributed by atoms with van der Waals surface area (Å²) in [7, 11) is -2.58. The minimum Gasteiger partial charge on any atom is -0.326 e. The highest BCUT2D eigenvalue weighted by molar-refractivity contribution is 7.89. The van der Waals surface area contributed by atoms with Crippen LogP contribution in [-0.2, 0) is 19.6 Å². The van der Waals surface area contributed by atoms with Gasteiger partial charge >= 0.3 is 0 Å². The summed E-state index contributed by atoms with van der Waals surface area (Å²) in [6.45, 7) is 5.20. The zero-order chi connectivity index (χ0) is 24.2. The lowest BCUT2D eigenvalue weighted by Crippen LogP contribution is -2.34. The minimum absolute atomic E-state index is 0.00921. The molecule has 2 aromatic carbocycles. The predicted octanol–water partition coefficient (Wildman–Crippen LogP) is 3.55. The van der Waals surface area contributed by atoms with Gasteiger partial charge in [-0.15, -0.1) is 10.2 Å². The van der Waals surface area contributed by atoms with Crippen molar-refractivity contribution >= 4 is 44.0 Å². The highest BCUT2D eigenvalue weighted by Crippen LogP contribution is 2.28. The molecular weight excluding hydrogens is 462 g/mol. The monoisotopic (exact) mass is 487 g/mol. The van der Waals surface area contributed by atoms with Crippen LogP contribution in [0.15, 0.2) is 53.4 Å². The smallest absolute Gasteiger partial charge is 0.243 e. The first-order valence-corrected chi connectivity index (χ1v) is 12.4. The van der Waals surface area contributed by atoms with Crippen molar-refractivity contribution in [2.24, 2.45) is 0 Å². The summed E-state index contributed by atoms with van der Waals surface area (Å²) in [6, 6.07) is 13.7. The fourth-order valence-electron chi connectivity index (χ4n) is 2.94. The second-order valence-corrected chi connectivity index (χ2v) is 10.7. The maximum Gasteiger partial charge on any atom is 0.243 e. The number of hydrogen-bond acceptors (Lipinski definition) is 7. The third kappa shape index (κ3) is 6.21. The van der Waals surface area contributed by atoms with Gasteiger partial charge in [0.15, 0.2) is 0 Å². The number of nitrogens with one attached hydrogen (secondary N) is 2. The molecule has 33 heavy (non-hydrogen) atoms. The number of anilines is 2. The molecule has 0 unspecified atom stereocenters. The van der Waals surface area contributed by atoms with Gasteiger partial charge in [0.1, 0.15) is 5.01 Å². The fourth-order valence-corrected chi connectivity index (χ4v) is 4.83. The number of carbonyl (C=O) groups excluding carboxylic acids is 2. The van der Waals surface area contributed by atoms with E-state index in [1.54, 1.807) is 0 Å². The van der Waals surface area contributed by atoms with Crippen LogP contribution in [0.4, 0.5) is 10.8 Å². The Morgan fingerprint density at radius 3 is 2.21 bits per heavy atom. The summed E-state index contributed by atoms with van der Waals surface area (Å²) in [5, 5.41) is 14.2. The number of likely N-dealkylation sites (N-methyl/N-ethyl adjacent to an activating group) is 1. The summed E-state index contributed by atoms with van der Waals surface area (Å²) in [5.74, 6) is -0.368.